The number of rotatable bonds is 5. The molecule has 0 bridgehead atoms. The Morgan fingerprint density at radius 2 is 1.69 bits per heavy atom. The van der Waals surface area contributed by atoms with Crippen molar-refractivity contribution in [3.05, 3.63) is 53.6 Å². The lowest BCUT2D eigenvalue weighted by Gasteiger charge is -2.22. The Bertz CT molecular complexity index is 937. The predicted molar refractivity (Wildman–Crippen MR) is 98.9 cm³/mol. The molecule has 1 N–H and O–H groups in total. The Balaban J connectivity index is 2.41. The van der Waals surface area contributed by atoms with Crippen LogP contribution in [0.4, 0.5) is 11.4 Å². The summed E-state index contributed by atoms with van der Waals surface area (Å²) in [6.07, 6.45) is 0. The molecule has 26 heavy (non-hydrogen) atoms. The maximum absolute atomic E-state index is 12.9. The molecular formula is C18H20N2O5S. The molecule has 0 aliphatic rings. The smallest absolute Gasteiger partial charge is 0.338 e. The highest BCUT2D eigenvalue weighted by molar-refractivity contribution is 7.92. The van der Waals surface area contributed by atoms with Crippen molar-refractivity contribution in [1.82, 2.24) is 0 Å². The van der Waals surface area contributed by atoms with Gasteiger partial charge in [-0.15, -0.1) is 0 Å². The third-order valence-electron chi connectivity index (χ3n) is 3.88. The van der Waals surface area contributed by atoms with Crippen LogP contribution in [-0.2, 0) is 19.6 Å². The van der Waals surface area contributed by atoms with Crippen LogP contribution < -0.4 is 9.62 Å². The van der Waals surface area contributed by atoms with Crippen LogP contribution >= 0.6 is 0 Å². The summed E-state index contributed by atoms with van der Waals surface area (Å²) in [5, 5.41) is 2.58. The SMILES string of the molecule is COC(=O)c1cccc(N(C)S(=O)(=O)c2ccc(NC(C)=O)cc2)c1C. The van der Waals surface area contributed by atoms with E-state index in [1.54, 1.807) is 25.1 Å². The van der Waals surface area contributed by atoms with Crippen molar-refractivity contribution >= 4 is 33.3 Å². The molecule has 0 unspecified atom stereocenters. The fraction of sp³-hybridized carbons (Fsp3) is 0.222. The first-order valence-corrected chi connectivity index (χ1v) is 9.17. The molecule has 0 spiro atoms. The monoisotopic (exact) mass is 376 g/mol. The van der Waals surface area contributed by atoms with E-state index in [-0.39, 0.29) is 10.8 Å². The van der Waals surface area contributed by atoms with E-state index < -0.39 is 16.0 Å². The average Bonchev–Trinajstić information content (AvgIpc) is 2.60. The van der Waals surface area contributed by atoms with Gasteiger partial charge in [-0.25, -0.2) is 13.2 Å². The number of anilines is 2. The standard InChI is InChI=1S/C18H20N2O5S/c1-12-16(18(22)25-4)6-5-7-17(12)20(3)26(23,24)15-10-8-14(9-11-15)19-13(2)21/h5-11H,1-4H3,(H,19,21). The van der Waals surface area contributed by atoms with Crippen LogP contribution in [0.25, 0.3) is 0 Å². The zero-order valence-electron chi connectivity index (χ0n) is 14.9. The second-order valence-electron chi connectivity index (χ2n) is 5.62. The summed E-state index contributed by atoms with van der Waals surface area (Å²) in [6, 6.07) is 10.6. The second-order valence-corrected chi connectivity index (χ2v) is 7.59. The lowest BCUT2D eigenvalue weighted by molar-refractivity contribution is -0.114. The molecule has 2 rings (SSSR count). The summed E-state index contributed by atoms with van der Waals surface area (Å²) in [6.45, 7) is 3.03. The van der Waals surface area contributed by atoms with Gasteiger partial charge in [0.05, 0.1) is 23.3 Å². The molecule has 0 heterocycles. The number of hydrogen-bond donors (Lipinski definition) is 1. The number of carbonyl (C=O) groups excluding carboxylic acids is 2. The minimum atomic E-state index is -3.84. The molecule has 0 radical (unpaired) electrons. The van der Waals surface area contributed by atoms with E-state index in [0.717, 1.165) is 4.31 Å². The number of methoxy groups -OCH3 is 1. The number of hydrogen-bond acceptors (Lipinski definition) is 5. The summed E-state index contributed by atoms with van der Waals surface area (Å²) in [5.41, 5.74) is 1.68. The van der Waals surface area contributed by atoms with Crippen molar-refractivity contribution in [2.24, 2.45) is 0 Å². The summed E-state index contributed by atoms with van der Waals surface area (Å²) in [4.78, 5) is 23.0. The summed E-state index contributed by atoms with van der Waals surface area (Å²) < 4.78 is 31.6. The van der Waals surface area contributed by atoms with E-state index in [0.29, 0.717) is 22.5 Å². The zero-order chi connectivity index (χ0) is 19.5. The van der Waals surface area contributed by atoms with Gasteiger partial charge in [0.1, 0.15) is 0 Å². The van der Waals surface area contributed by atoms with Crippen LogP contribution in [0.15, 0.2) is 47.4 Å². The Kier molecular flexibility index (Phi) is 5.66. The molecule has 8 heteroatoms. The van der Waals surface area contributed by atoms with Gasteiger partial charge in [0, 0.05) is 19.7 Å². The van der Waals surface area contributed by atoms with Crippen molar-refractivity contribution in [3.8, 4) is 0 Å². The van der Waals surface area contributed by atoms with Crippen molar-refractivity contribution in [2.75, 3.05) is 23.8 Å². The van der Waals surface area contributed by atoms with E-state index in [1.807, 2.05) is 0 Å². The Hall–Kier alpha value is -2.87. The van der Waals surface area contributed by atoms with Gasteiger partial charge in [0.25, 0.3) is 10.0 Å². The number of sulfonamides is 1. The molecule has 0 saturated heterocycles. The lowest BCUT2D eigenvalue weighted by Crippen LogP contribution is -2.27. The second kappa shape index (κ2) is 7.57. The van der Waals surface area contributed by atoms with Crippen LogP contribution in [0.2, 0.25) is 0 Å². The maximum atomic E-state index is 12.9. The first kappa shape index (κ1) is 19.5. The third kappa shape index (κ3) is 3.85. The minimum absolute atomic E-state index is 0.0666. The van der Waals surface area contributed by atoms with E-state index in [9.17, 15) is 18.0 Å². The first-order valence-electron chi connectivity index (χ1n) is 7.73. The van der Waals surface area contributed by atoms with Gasteiger partial charge in [-0.05, 0) is 48.9 Å². The van der Waals surface area contributed by atoms with Gasteiger partial charge >= 0.3 is 5.97 Å². The largest absolute Gasteiger partial charge is 0.465 e. The van der Waals surface area contributed by atoms with Crippen LogP contribution in [0.1, 0.15) is 22.8 Å². The number of esters is 1. The molecule has 2 aromatic rings. The van der Waals surface area contributed by atoms with Crippen molar-refractivity contribution in [1.29, 1.82) is 0 Å². The Morgan fingerprint density at radius 3 is 2.23 bits per heavy atom. The van der Waals surface area contributed by atoms with Crippen molar-refractivity contribution in [2.45, 2.75) is 18.7 Å². The fourth-order valence-electron chi connectivity index (χ4n) is 2.50. The highest BCUT2D eigenvalue weighted by Gasteiger charge is 2.24. The first-order chi connectivity index (χ1) is 12.2. The molecule has 0 aromatic heterocycles. The number of nitrogens with one attached hydrogen (secondary N) is 1. The molecule has 0 saturated carbocycles. The highest BCUT2D eigenvalue weighted by Crippen LogP contribution is 2.28. The summed E-state index contributed by atoms with van der Waals surface area (Å²) in [7, 11) is -1.15. The molecule has 1 amide bonds. The molecule has 2 aromatic carbocycles. The van der Waals surface area contributed by atoms with Crippen LogP contribution in [0.5, 0.6) is 0 Å². The normalized spacial score (nSPS) is 10.9. The molecular weight excluding hydrogens is 356 g/mol. The van der Waals surface area contributed by atoms with E-state index in [1.165, 1.54) is 45.3 Å². The van der Waals surface area contributed by atoms with Gasteiger partial charge in [0.2, 0.25) is 5.91 Å². The van der Waals surface area contributed by atoms with E-state index in [2.05, 4.69) is 5.32 Å². The molecule has 138 valence electrons. The van der Waals surface area contributed by atoms with Gasteiger partial charge in [-0.3, -0.25) is 9.10 Å². The zero-order valence-corrected chi connectivity index (χ0v) is 15.8. The highest BCUT2D eigenvalue weighted by atomic mass is 32.2. The van der Waals surface area contributed by atoms with Crippen molar-refractivity contribution < 1.29 is 22.7 Å². The molecule has 7 nitrogen and oxygen atoms in total. The quantitative estimate of drug-likeness (QED) is 0.810. The van der Waals surface area contributed by atoms with Gasteiger partial charge < -0.3 is 10.1 Å². The summed E-state index contributed by atoms with van der Waals surface area (Å²) in [5.74, 6) is -0.775. The van der Waals surface area contributed by atoms with Gasteiger partial charge in [-0.1, -0.05) is 6.07 Å². The summed E-state index contributed by atoms with van der Waals surface area (Å²) >= 11 is 0. The number of benzene rings is 2. The van der Waals surface area contributed by atoms with Gasteiger partial charge in [-0.2, -0.15) is 0 Å². The third-order valence-corrected chi connectivity index (χ3v) is 5.67. The average molecular weight is 376 g/mol. The molecule has 0 atom stereocenters. The van der Waals surface area contributed by atoms with E-state index >= 15 is 0 Å². The minimum Gasteiger partial charge on any atom is -0.465 e. The van der Waals surface area contributed by atoms with E-state index in [4.69, 9.17) is 4.74 Å². The molecule has 0 aliphatic heterocycles. The topological polar surface area (TPSA) is 92.8 Å². The number of amides is 1. The Morgan fingerprint density at radius 1 is 1.08 bits per heavy atom. The van der Waals surface area contributed by atoms with Crippen LogP contribution in [-0.4, -0.2) is 34.5 Å². The fourth-order valence-corrected chi connectivity index (χ4v) is 3.75. The lowest BCUT2D eigenvalue weighted by atomic mass is 10.1. The maximum Gasteiger partial charge on any atom is 0.338 e. The number of nitrogens with zero attached hydrogens (tertiary/aromatic N) is 1. The number of ether oxygens (including phenoxy) is 1. The van der Waals surface area contributed by atoms with Crippen molar-refractivity contribution in [3.63, 3.8) is 0 Å². The van der Waals surface area contributed by atoms with Gasteiger partial charge in [0.15, 0.2) is 0 Å². The van der Waals surface area contributed by atoms with Crippen LogP contribution in [0.3, 0.4) is 0 Å². The van der Waals surface area contributed by atoms with Crippen LogP contribution in [0, 0.1) is 6.92 Å². The number of carbonyl (C=O) groups is 2. The Labute approximate surface area is 152 Å². The predicted octanol–water partition coefficient (Wildman–Crippen LogP) is 2.57. The molecule has 0 aliphatic carbocycles. The molecule has 0 fully saturated rings.